The molecule has 19 heavy (non-hydrogen) atoms. The Hall–Kier alpha value is -2.05. The fraction of sp³-hybridized carbons (Fsp3) is 0.583. The number of nitrogens with zero attached hydrogens (tertiary/aromatic N) is 3. The van der Waals surface area contributed by atoms with Gasteiger partial charge in [0.15, 0.2) is 5.82 Å². The summed E-state index contributed by atoms with van der Waals surface area (Å²) in [4.78, 5) is 24.7. The van der Waals surface area contributed by atoms with Gasteiger partial charge in [-0.3, -0.25) is 14.8 Å². The predicted molar refractivity (Wildman–Crippen MR) is 70.7 cm³/mol. The minimum absolute atomic E-state index is 0.220. The molecule has 0 unspecified atom stereocenters. The highest BCUT2D eigenvalue weighted by atomic mass is 16.2. The first kappa shape index (κ1) is 13.4. The van der Waals surface area contributed by atoms with E-state index in [4.69, 9.17) is 0 Å². The first-order valence-corrected chi connectivity index (χ1v) is 6.47. The number of aryl methyl sites for hydroxylation is 1. The molecule has 104 valence electrons. The molecule has 0 aliphatic carbocycles. The molecule has 1 aliphatic heterocycles. The van der Waals surface area contributed by atoms with Crippen LogP contribution in [0.3, 0.4) is 0 Å². The summed E-state index contributed by atoms with van der Waals surface area (Å²) < 4.78 is 1.62. The summed E-state index contributed by atoms with van der Waals surface area (Å²) in [7, 11) is 1.79. The maximum atomic E-state index is 11.5. The summed E-state index contributed by atoms with van der Waals surface area (Å²) in [5.41, 5.74) is 0. The van der Waals surface area contributed by atoms with Crippen molar-refractivity contribution in [2.45, 2.75) is 19.3 Å². The minimum Gasteiger partial charge on any atom is -0.343 e. The fourth-order valence-electron chi connectivity index (χ4n) is 2.05. The number of aromatic nitrogens is 2. The quantitative estimate of drug-likeness (QED) is 0.763. The molecule has 1 aromatic heterocycles. The lowest BCUT2D eigenvalue weighted by atomic mass is 10.4. The molecule has 2 N–H and O–H groups in total. The van der Waals surface area contributed by atoms with Gasteiger partial charge in [-0.15, -0.1) is 0 Å². The van der Waals surface area contributed by atoms with Crippen LogP contribution in [-0.4, -0.2) is 46.3 Å². The second-order valence-electron chi connectivity index (χ2n) is 4.59. The van der Waals surface area contributed by atoms with Crippen LogP contribution < -0.4 is 10.6 Å². The average molecular weight is 265 g/mol. The lowest BCUT2D eigenvalue weighted by Crippen LogP contribution is -2.33. The summed E-state index contributed by atoms with van der Waals surface area (Å²) in [6.45, 7) is 2.10. The van der Waals surface area contributed by atoms with Crippen LogP contribution in [0.25, 0.3) is 0 Å². The van der Waals surface area contributed by atoms with Gasteiger partial charge in [0.2, 0.25) is 5.91 Å². The Labute approximate surface area is 111 Å². The van der Waals surface area contributed by atoms with Gasteiger partial charge in [-0.05, 0) is 12.8 Å². The largest absolute Gasteiger partial charge is 0.343 e. The number of carbonyl (C=O) groups excluding carboxylic acids is 2. The zero-order valence-corrected chi connectivity index (χ0v) is 11.1. The van der Waals surface area contributed by atoms with Crippen molar-refractivity contribution in [1.29, 1.82) is 0 Å². The molecule has 1 saturated heterocycles. The van der Waals surface area contributed by atoms with Gasteiger partial charge in [-0.25, -0.2) is 4.79 Å². The predicted octanol–water partition coefficient (Wildman–Crippen LogP) is 0.554. The summed E-state index contributed by atoms with van der Waals surface area (Å²) in [6, 6.07) is 1.45. The van der Waals surface area contributed by atoms with Crippen molar-refractivity contribution in [2.75, 3.05) is 25.0 Å². The van der Waals surface area contributed by atoms with Crippen molar-refractivity contribution in [1.82, 2.24) is 20.0 Å². The second kappa shape index (κ2) is 6.21. The molecular weight excluding hydrogens is 246 g/mol. The SMILES string of the molecule is Cn1ccc(NC(=O)NCCCN2CCCC2=O)n1. The molecule has 0 atom stereocenters. The molecule has 0 saturated carbocycles. The number of rotatable bonds is 5. The van der Waals surface area contributed by atoms with E-state index in [9.17, 15) is 9.59 Å². The van der Waals surface area contributed by atoms with Gasteiger partial charge in [-0.2, -0.15) is 5.10 Å². The monoisotopic (exact) mass is 265 g/mol. The summed E-state index contributed by atoms with van der Waals surface area (Å²) >= 11 is 0. The molecular formula is C12H19N5O2. The molecule has 2 rings (SSSR count). The van der Waals surface area contributed by atoms with Crippen LogP contribution in [0.15, 0.2) is 12.3 Å². The maximum Gasteiger partial charge on any atom is 0.320 e. The number of hydrogen-bond donors (Lipinski definition) is 2. The topological polar surface area (TPSA) is 79.3 Å². The molecule has 0 aromatic carbocycles. The van der Waals surface area contributed by atoms with Crippen LogP contribution in [0.2, 0.25) is 0 Å². The normalized spacial score (nSPS) is 14.8. The number of carbonyl (C=O) groups is 2. The average Bonchev–Trinajstić information content (AvgIpc) is 2.94. The zero-order chi connectivity index (χ0) is 13.7. The maximum absolute atomic E-state index is 11.5. The van der Waals surface area contributed by atoms with E-state index in [1.165, 1.54) is 0 Å². The second-order valence-corrected chi connectivity index (χ2v) is 4.59. The van der Waals surface area contributed by atoms with E-state index in [1.54, 1.807) is 24.0 Å². The van der Waals surface area contributed by atoms with E-state index >= 15 is 0 Å². The highest BCUT2D eigenvalue weighted by molar-refractivity contribution is 5.88. The molecule has 7 heteroatoms. The van der Waals surface area contributed by atoms with Crippen molar-refractivity contribution < 1.29 is 9.59 Å². The van der Waals surface area contributed by atoms with E-state index in [2.05, 4.69) is 15.7 Å². The van der Waals surface area contributed by atoms with Crippen molar-refractivity contribution in [3.05, 3.63) is 12.3 Å². The van der Waals surface area contributed by atoms with Gasteiger partial charge in [0.25, 0.3) is 0 Å². The lowest BCUT2D eigenvalue weighted by molar-refractivity contribution is -0.127. The number of hydrogen-bond acceptors (Lipinski definition) is 3. The molecule has 0 radical (unpaired) electrons. The van der Waals surface area contributed by atoms with Gasteiger partial charge >= 0.3 is 6.03 Å². The molecule has 1 aliphatic rings. The number of urea groups is 1. The third kappa shape index (κ3) is 3.97. The van der Waals surface area contributed by atoms with Crippen LogP contribution in [0.1, 0.15) is 19.3 Å². The zero-order valence-electron chi connectivity index (χ0n) is 11.1. The third-order valence-corrected chi connectivity index (χ3v) is 3.02. The molecule has 7 nitrogen and oxygen atoms in total. The van der Waals surface area contributed by atoms with Crippen molar-refractivity contribution in [2.24, 2.45) is 7.05 Å². The molecule has 0 bridgehead atoms. The first-order chi connectivity index (χ1) is 9.15. The van der Waals surface area contributed by atoms with E-state index in [0.717, 1.165) is 19.4 Å². The number of amides is 3. The Kier molecular flexibility index (Phi) is 4.38. The van der Waals surface area contributed by atoms with Crippen molar-refractivity contribution >= 4 is 17.8 Å². The van der Waals surface area contributed by atoms with Gasteiger partial charge in [0, 0.05) is 45.4 Å². The van der Waals surface area contributed by atoms with Crippen LogP contribution in [-0.2, 0) is 11.8 Å². The van der Waals surface area contributed by atoms with E-state index in [-0.39, 0.29) is 11.9 Å². The van der Waals surface area contributed by atoms with Crippen molar-refractivity contribution in [3.8, 4) is 0 Å². The summed E-state index contributed by atoms with van der Waals surface area (Å²) in [5, 5.41) is 9.42. The first-order valence-electron chi connectivity index (χ1n) is 6.47. The fourth-order valence-corrected chi connectivity index (χ4v) is 2.05. The highest BCUT2D eigenvalue weighted by Crippen LogP contribution is 2.09. The van der Waals surface area contributed by atoms with Gasteiger partial charge in [0.1, 0.15) is 0 Å². The Morgan fingerprint density at radius 1 is 1.53 bits per heavy atom. The van der Waals surface area contributed by atoms with Crippen molar-refractivity contribution in [3.63, 3.8) is 0 Å². The molecule has 1 fully saturated rings. The summed E-state index contributed by atoms with van der Waals surface area (Å²) in [6.07, 6.45) is 4.13. The third-order valence-electron chi connectivity index (χ3n) is 3.02. The summed E-state index contributed by atoms with van der Waals surface area (Å²) in [5.74, 6) is 0.743. The van der Waals surface area contributed by atoms with Crippen LogP contribution in [0, 0.1) is 0 Å². The Morgan fingerprint density at radius 2 is 2.37 bits per heavy atom. The minimum atomic E-state index is -0.272. The lowest BCUT2D eigenvalue weighted by Gasteiger charge is -2.15. The Morgan fingerprint density at radius 3 is 3.00 bits per heavy atom. The molecule has 2 heterocycles. The smallest absolute Gasteiger partial charge is 0.320 e. The van der Waals surface area contributed by atoms with Crippen LogP contribution in [0.5, 0.6) is 0 Å². The molecule has 0 spiro atoms. The van der Waals surface area contributed by atoms with Gasteiger partial charge in [-0.1, -0.05) is 0 Å². The van der Waals surface area contributed by atoms with E-state index in [1.807, 2.05) is 4.90 Å². The number of likely N-dealkylation sites (tertiary alicyclic amines) is 1. The molecule has 3 amide bonds. The molecule has 1 aromatic rings. The van der Waals surface area contributed by atoms with Gasteiger partial charge < -0.3 is 10.2 Å². The van der Waals surface area contributed by atoms with E-state index in [0.29, 0.717) is 25.3 Å². The Bertz CT molecular complexity index is 457. The van der Waals surface area contributed by atoms with Crippen LogP contribution >= 0.6 is 0 Å². The van der Waals surface area contributed by atoms with E-state index < -0.39 is 0 Å². The Balaban J connectivity index is 1.60. The number of anilines is 1. The highest BCUT2D eigenvalue weighted by Gasteiger charge is 2.18. The standard InChI is InChI=1S/C12H19N5O2/c1-16-9-5-10(15-16)14-12(19)13-6-3-8-17-7-2-4-11(17)18/h5,9H,2-4,6-8H2,1H3,(H2,13,14,15,19). The van der Waals surface area contributed by atoms with Gasteiger partial charge in [0.05, 0.1) is 0 Å². The van der Waals surface area contributed by atoms with Crippen LogP contribution in [0.4, 0.5) is 10.6 Å². The number of nitrogens with one attached hydrogen (secondary N) is 2.